The van der Waals surface area contributed by atoms with Crippen LogP contribution >= 0.6 is 0 Å². The number of hydrogen-bond donors (Lipinski definition) is 1. The van der Waals surface area contributed by atoms with Gasteiger partial charge in [0.15, 0.2) is 0 Å². The smallest absolute Gasteiger partial charge is 0.308 e. The van der Waals surface area contributed by atoms with Crippen LogP contribution in [0.2, 0.25) is 0 Å². The number of likely N-dealkylation sites (tertiary alicyclic amines) is 2. The standard InChI is InChI=1S/C20H26N2O4/c1-14-10-16(20(25)26)13-21(12-14)19(24)17-8-5-9-22(17)18(23)11-15-6-3-2-4-7-15/h2-4,6-7,14,16-17H,5,8-13H2,1H3,(H,25,26). The predicted octanol–water partition coefficient (Wildman–Crippen LogP) is 1.79. The summed E-state index contributed by atoms with van der Waals surface area (Å²) in [6, 6.07) is 9.08. The molecule has 3 unspecified atom stereocenters. The van der Waals surface area contributed by atoms with Gasteiger partial charge in [-0.05, 0) is 30.7 Å². The number of rotatable bonds is 4. The largest absolute Gasteiger partial charge is 0.481 e. The Labute approximate surface area is 153 Å². The van der Waals surface area contributed by atoms with Crippen LogP contribution in [0.3, 0.4) is 0 Å². The summed E-state index contributed by atoms with van der Waals surface area (Å²) in [5.74, 6) is -1.34. The van der Waals surface area contributed by atoms with Crippen molar-refractivity contribution in [2.24, 2.45) is 11.8 Å². The molecule has 140 valence electrons. The lowest BCUT2D eigenvalue weighted by Gasteiger charge is -2.37. The van der Waals surface area contributed by atoms with E-state index in [1.54, 1.807) is 9.80 Å². The highest BCUT2D eigenvalue weighted by molar-refractivity contribution is 5.89. The number of carboxylic acids is 1. The van der Waals surface area contributed by atoms with Gasteiger partial charge >= 0.3 is 5.97 Å². The van der Waals surface area contributed by atoms with E-state index in [2.05, 4.69) is 0 Å². The maximum Gasteiger partial charge on any atom is 0.308 e. The lowest BCUT2D eigenvalue weighted by atomic mass is 9.90. The highest BCUT2D eigenvalue weighted by Gasteiger charge is 2.39. The molecule has 2 aliphatic heterocycles. The maximum atomic E-state index is 13.0. The van der Waals surface area contributed by atoms with Gasteiger partial charge in [0.05, 0.1) is 12.3 Å². The summed E-state index contributed by atoms with van der Waals surface area (Å²) in [6.07, 6.45) is 2.35. The summed E-state index contributed by atoms with van der Waals surface area (Å²) in [6.45, 7) is 3.38. The van der Waals surface area contributed by atoms with E-state index in [1.807, 2.05) is 37.3 Å². The maximum absolute atomic E-state index is 13.0. The molecule has 1 aromatic carbocycles. The quantitative estimate of drug-likeness (QED) is 0.890. The molecule has 2 amide bonds. The van der Waals surface area contributed by atoms with Crippen LogP contribution in [0.25, 0.3) is 0 Å². The van der Waals surface area contributed by atoms with Crippen LogP contribution in [0.1, 0.15) is 31.7 Å². The molecule has 6 heteroatoms. The van der Waals surface area contributed by atoms with Crippen molar-refractivity contribution in [3.8, 4) is 0 Å². The number of piperidine rings is 1. The van der Waals surface area contributed by atoms with Crippen LogP contribution in [-0.4, -0.2) is 58.4 Å². The fourth-order valence-electron chi connectivity index (χ4n) is 4.12. The van der Waals surface area contributed by atoms with E-state index in [9.17, 15) is 19.5 Å². The van der Waals surface area contributed by atoms with Crippen molar-refractivity contribution in [3.05, 3.63) is 35.9 Å². The number of nitrogens with zero attached hydrogens (tertiary/aromatic N) is 2. The van der Waals surface area contributed by atoms with Crippen molar-refractivity contribution in [1.29, 1.82) is 0 Å². The van der Waals surface area contributed by atoms with Crippen molar-refractivity contribution in [2.75, 3.05) is 19.6 Å². The number of carbonyl (C=O) groups is 3. The second kappa shape index (κ2) is 7.89. The van der Waals surface area contributed by atoms with Crippen molar-refractivity contribution in [3.63, 3.8) is 0 Å². The zero-order valence-corrected chi connectivity index (χ0v) is 15.1. The minimum absolute atomic E-state index is 0.0353. The Hall–Kier alpha value is -2.37. The molecule has 2 aliphatic rings. The third-order valence-electron chi connectivity index (χ3n) is 5.38. The van der Waals surface area contributed by atoms with Gasteiger partial charge in [-0.2, -0.15) is 0 Å². The minimum Gasteiger partial charge on any atom is -0.481 e. The van der Waals surface area contributed by atoms with Gasteiger partial charge < -0.3 is 14.9 Å². The first-order chi connectivity index (χ1) is 12.5. The van der Waals surface area contributed by atoms with Gasteiger partial charge in [-0.15, -0.1) is 0 Å². The molecule has 3 atom stereocenters. The average molecular weight is 358 g/mol. The van der Waals surface area contributed by atoms with E-state index < -0.39 is 17.9 Å². The van der Waals surface area contributed by atoms with Gasteiger partial charge in [0.2, 0.25) is 11.8 Å². The van der Waals surface area contributed by atoms with Crippen LogP contribution in [0.4, 0.5) is 0 Å². The molecule has 0 spiro atoms. The monoisotopic (exact) mass is 358 g/mol. The van der Waals surface area contributed by atoms with E-state index in [1.165, 1.54) is 0 Å². The third kappa shape index (κ3) is 4.06. The highest BCUT2D eigenvalue weighted by Crippen LogP contribution is 2.26. The van der Waals surface area contributed by atoms with Gasteiger partial charge in [-0.3, -0.25) is 14.4 Å². The molecule has 3 rings (SSSR count). The predicted molar refractivity (Wildman–Crippen MR) is 96.4 cm³/mol. The van der Waals surface area contributed by atoms with Gasteiger partial charge in [-0.25, -0.2) is 0 Å². The van der Waals surface area contributed by atoms with Crippen LogP contribution in [0.5, 0.6) is 0 Å². The summed E-state index contributed by atoms with van der Waals surface area (Å²) in [5.41, 5.74) is 0.938. The Morgan fingerprint density at radius 3 is 2.58 bits per heavy atom. The van der Waals surface area contributed by atoms with Crippen LogP contribution in [0.15, 0.2) is 30.3 Å². The molecule has 0 aliphatic carbocycles. The summed E-state index contributed by atoms with van der Waals surface area (Å²) in [5, 5.41) is 9.32. The number of carbonyl (C=O) groups excluding carboxylic acids is 2. The lowest BCUT2D eigenvalue weighted by molar-refractivity contribution is -0.150. The Morgan fingerprint density at radius 2 is 1.88 bits per heavy atom. The van der Waals surface area contributed by atoms with E-state index in [4.69, 9.17) is 0 Å². The number of carboxylic acid groups (broad SMARTS) is 1. The molecule has 0 aromatic heterocycles. The zero-order valence-electron chi connectivity index (χ0n) is 15.1. The fraction of sp³-hybridized carbons (Fsp3) is 0.550. The molecule has 2 fully saturated rings. The first-order valence-electron chi connectivity index (χ1n) is 9.30. The van der Waals surface area contributed by atoms with Gasteiger partial charge in [0, 0.05) is 19.6 Å². The van der Waals surface area contributed by atoms with Crippen molar-refractivity contribution in [2.45, 2.75) is 38.6 Å². The second-order valence-electron chi connectivity index (χ2n) is 7.53. The Kier molecular flexibility index (Phi) is 5.59. The van der Waals surface area contributed by atoms with Crippen molar-refractivity contribution in [1.82, 2.24) is 9.80 Å². The molecule has 0 bridgehead atoms. The van der Waals surface area contributed by atoms with Crippen molar-refractivity contribution >= 4 is 17.8 Å². The molecule has 6 nitrogen and oxygen atoms in total. The van der Waals surface area contributed by atoms with E-state index in [0.717, 1.165) is 12.0 Å². The normalized spacial score (nSPS) is 26.0. The molecular weight excluding hydrogens is 332 g/mol. The lowest BCUT2D eigenvalue weighted by Crippen LogP contribution is -2.53. The summed E-state index contributed by atoms with van der Waals surface area (Å²) >= 11 is 0. The Bertz CT molecular complexity index is 676. The number of amides is 2. The van der Waals surface area contributed by atoms with Gasteiger partial charge in [-0.1, -0.05) is 37.3 Å². The highest BCUT2D eigenvalue weighted by atomic mass is 16.4. The molecule has 1 N–H and O–H groups in total. The molecule has 2 saturated heterocycles. The SMILES string of the molecule is CC1CC(C(=O)O)CN(C(=O)C2CCCN2C(=O)Cc2ccccc2)C1. The van der Waals surface area contributed by atoms with Crippen LogP contribution < -0.4 is 0 Å². The Balaban J connectivity index is 1.68. The Morgan fingerprint density at radius 1 is 1.15 bits per heavy atom. The fourth-order valence-corrected chi connectivity index (χ4v) is 4.12. The van der Waals surface area contributed by atoms with E-state index >= 15 is 0 Å². The number of aliphatic carboxylic acids is 1. The van der Waals surface area contributed by atoms with Crippen LogP contribution in [0, 0.1) is 11.8 Å². The van der Waals surface area contributed by atoms with Crippen LogP contribution in [-0.2, 0) is 20.8 Å². The number of benzene rings is 1. The molecule has 26 heavy (non-hydrogen) atoms. The topological polar surface area (TPSA) is 77.9 Å². The summed E-state index contributed by atoms with van der Waals surface area (Å²) in [4.78, 5) is 40.4. The molecule has 1 aromatic rings. The average Bonchev–Trinajstić information content (AvgIpc) is 3.11. The molecular formula is C20H26N2O4. The molecule has 0 saturated carbocycles. The molecule has 2 heterocycles. The first-order valence-corrected chi connectivity index (χ1v) is 9.30. The second-order valence-corrected chi connectivity index (χ2v) is 7.53. The molecule has 0 radical (unpaired) electrons. The zero-order chi connectivity index (χ0) is 18.7. The van der Waals surface area contributed by atoms with Crippen molar-refractivity contribution < 1.29 is 19.5 Å². The van der Waals surface area contributed by atoms with E-state index in [-0.39, 0.29) is 24.3 Å². The van der Waals surface area contributed by atoms with Gasteiger partial charge in [0.25, 0.3) is 0 Å². The number of hydrogen-bond acceptors (Lipinski definition) is 3. The minimum atomic E-state index is -0.849. The van der Waals surface area contributed by atoms with E-state index in [0.29, 0.717) is 32.4 Å². The third-order valence-corrected chi connectivity index (χ3v) is 5.38. The van der Waals surface area contributed by atoms with Gasteiger partial charge in [0.1, 0.15) is 6.04 Å². The first kappa shape index (κ1) is 18.4. The summed E-state index contributed by atoms with van der Waals surface area (Å²) in [7, 11) is 0. The summed E-state index contributed by atoms with van der Waals surface area (Å²) < 4.78 is 0.